The molecule has 0 aliphatic heterocycles. The van der Waals surface area contributed by atoms with E-state index in [0.717, 1.165) is 25.0 Å². The molecule has 0 bridgehead atoms. The van der Waals surface area contributed by atoms with E-state index in [1.54, 1.807) is 7.11 Å². The Morgan fingerprint density at radius 1 is 1.38 bits per heavy atom. The molecule has 0 heterocycles. The Bertz CT molecular complexity index is 468. The molecule has 1 aromatic rings. The number of ether oxygens (including phenoxy) is 1. The predicted molar refractivity (Wildman–Crippen MR) is 84.4 cm³/mol. The zero-order chi connectivity index (χ0) is 15.1. The first-order valence-electron chi connectivity index (χ1n) is 7.81. The minimum Gasteiger partial charge on any atom is -0.497 e. The van der Waals surface area contributed by atoms with Gasteiger partial charge in [-0.05, 0) is 43.5 Å². The second-order valence-corrected chi connectivity index (χ2v) is 5.89. The first-order chi connectivity index (χ1) is 10.2. The van der Waals surface area contributed by atoms with Crippen LogP contribution in [0.15, 0.2) is 24.3 Å². The molecular weight excluding hydrogens is 264 g/mol. The van der Waals surface area contributed by atoms with Crippen LogP contribution in [0.1, 0.15) is 44.1 Å². The van der Waals surface area contributed by atoms with Crippen LogP contribution in [0.3, 0.4) is 0 Å². The van der Waals surface area contributed by atoms with Crippen molar-refractivity contribution in [2.24, 2.45) is 5.73 Å². The first kappa shape index (κ1) is 15.8. The highest BCUT2D eigenvalue weighted by Gasteiger charge is 2.36. The molecule has 1 aliphatic carbocycles. The number of methoxy groups -OCH3 is 1. The number of benzene rings is 1. The molecule has 21 heavy (non-hydrogen) atoms. The van der Waals surface area contributed by atoms with Gasteiger partial charge in [-0.1, -0.05) is 25.0 Å². The van der Waals surface area contributed by atoms with Gasteiger partial charge in [0.05, 0.1) is 7.11 Å². The van der Waals surface area contributed by atoms with Gasteiger partial charge in [-0.15, -0.1) is 0 Å². The molecule has 1 saturated carbocycles. The Balaban J connectivity index is 2.07. The monoisotopic (exact) mass is 290 g/mol. The molecule has 2 rings (SSSR count). The van der Waals surface area contributed by atoms with Crippen molar-refractivity contribution in [2.75, 3.05) is 20.2 Å². The standard InChI is InChI=1S/C17H26N2O2/c1-21-15-7-4-6-14(12-15)17(9-2-3-10-17)13-19-16(20)8-5-11-18/h4,6-7,12H,2-3,5,8-11,13,18H2,1H3,(H,19,20). The lowest BCUT2D eigenvalue weighted by atomic mass is 9.78. The lowest BCUT2D eigenvalue weighted by Crippen LogP contribution is -2.39. The van der Waals surface area contributed by atoms with Gasteiger partial charge in [-0.25, -0.2) is 0 Å². The number of hydrogen-bond acceptors (Lipinski definition) is 3. The largest absolute Gasteiger partial charge is 0.497 e. The second-order valence-electron chi connectivity index (χ2n) is 5.89. The van der Waals surface area contributed by atoms with Crippen molar-refractivity contribution in [1.29, 1.82) is 0 Å². The average molecular weight is 290 g/mol. The maximum atomic E-state index is 11.9. The third-order valence-corrected chi connectivity index (χ3v) is 4.47. The molecule has 1 aromatic carbocycles. The smallest absolute Gasteiger partial charge is 0.220 e. The van der Waals surface area contributed by atoms with Crippen LogP contribution in [-0.2, 0) is 10.2 Å². The molecule has 4 nitrogen and oxygen atoms in total. The highest BCUT2D eigenvalue weighted by Crippen LogP contribution is 2.41. The van der Waals surface area contributed by atoms with Crippen LogP contribution in [0.4, 0.5) is 0 Å². The quantitative estimate of drug-likeness (QED) is 0.810. The van der Waals surface area contributed by atoms with Crippen molar-refractivity contribution in [1.82, 2.24) is 5.32 Å². The molecule has 116 valence electrons. The number of rotatable bonds is 7. The molecule has 0 radical (unpaired) electrons. The summed E-state index contributed by atoms with van der Waals surface area (Å²) >= 11 is 0. The van der Waals surface area contributed by atoms with Crippen LogP contribution in [0.2, 0.25) is 0 Å². The van der Waals surface area contributed by atoms with E-state index in [4.69, 9.17) is 10.5 Å². The van der Waals surface area contributed by atoms with Gasteiger partial charge in [0.2, 0.25) is 5.91 Å². The van der Waals surface area contributed by atoms with E-state index < -0.39 is 0 Å². The van der Waals surface area contributed by atoms with E-state index in [1.165, 1.54) is 18.4 Å². The molecular formula is C17H26N2O2. The SMILES string of the molecule is COc1cccc(C2(CNC(=O)CCCN)CCCC2)c1. The number of nitrogens with one attached hydrogen (secondary N) is 1. The molecule has 1 fully saturated rings. The van der Waals surface area contributed by atoms with Gasteiger partial charge in [-0.3, -0.25) is 4.79 Å². The maximum Gasteiger partial charge on any atom is 0.220 e. The van der Waals surface area contributed by atoms with Crippen molar-refractivity contribution >= 4 is 5.91 Å². The highest BCUT2D eigenvalue weighted by atomic mass is 16.5. The van der Waals surface area contributed by atoms with E-state index in [9.17, 15) is 4.79 Å². The van der Waals surface area contributed by atoms with Gasteiger partial charge in [0.1, 0.15) is 5.75 Å². The first-order valence-corrected chi connectivity index (χ1v) is 7.81. The second kappa shape index (κ2) is 7.46. The Hall–Kier alpha value is -1.55. The number of carbonyl (C=O) groups excluding carboxylic acids is 1. The summed E-state index contributed by atoms with van der Waals surface area (Å²) in [7, 11) is 1.69. The van der Waals surface area contributed by atoms with Gasteiger partial charge in [0, 0.05) is 18.4 Å². The summed E-state index contributed by atoms with van der Waals surface area (Å²) in [5.74, 6) is 0.989. The van der Waals surface area contributed by atoms with E-state index in [-0.39, 0.29) is 11.3 Å². The van der Waals surface area contributed by atoms with Crippen molar-refractivity contribution < 1.29 is 9.53 Å². The molecule has 0 saturated heterocycles. The molecule has 0 aromatic heterocycles. The number of hydrogen-bond donors (Lipinski definition) is 2. The van der Waals surface area contributed by atoms with Crippen molar-refractivity contribution in [3.8, 4) is 5.75 Å². The molecule has 0 atom stereocenters. The normalized spacial score (nSPS) is 16.7. The van der Waals surface area contributed by atoms with Gasteiger partial charge in [0.25, 0.3) is 0 Å². The fourth-order valence-corrected chi connectivity index (χ4v) is 3.19. The van der Waals surface area contributed by atoms with E-state index in [2.05, 4.69) is 17.4 Å². The zero-order valence-corrected chi connectivity index (χ0v) is 12.9. The van der Waals surface area contributed by atoms with Crippen LogP contribution in [0.5, 0.6) is 5.75 Å². The third-order valence-electron chi connectivity index (χ3n) is 4.47. The highest BCUT2D eigenvalue weighted by molar-refractivity contribution is 5.76. The number of carbonyl (C=O) groups is 1. The van der Waals surface area contributed by atoms with Crippen molar-refractivity contribution in [3.05, 3.63) is 29.8 Å². The lowest BCUT2D eigenvalue weighted by Gasteiger charge is -2.30. The van der Waals surface area contributed by atoms with Gasteiger partial charge < -0.3 is 15.8 Å². The topological polar surface area (TPSA) is 64.3 Å². The fraction of sp³-hybridized carbons (Fsp3) is 0.588. The molecule has 1 amide bonds. The van der Waals surface area contributed by atoms with Crippen LogP contribution in [0, 0.1) is 0 Å². The van der Waals surface area contributed by atoms with Crippen molar-refractivity contribution in [3.63, 3.8) is 0 Å². The third kappa shape index (κ3) is 3.97. The Morgan fingerprint density at radius 2 is 2.14 bits per heavy atom. The summed E-state index contributed by atoms with van der Waals surface area (Å²) < 4.78 is 5.34. The minimum absolute atomic E-state index is 0.0624. The molecule has 4 heteroatoms. The van der Waals surface area contributed by atoms with E-state index in [0.29, 0.717) is 19.5 Å². The Labute approximate surface area is 127 Å². The number of nitrogens with two attached hydrogens (primary N) is 1. The zero-order valence-electron chi connectivity index (χ0n) is 12.9. The summed E-state index contributed by atoms with van der Waals surface area (Å²) in [6.45, 7) is 1.28. The summed E-state index contributed by atoms with van der Waals surface area (Å²) in [6.07, 6.45) is 5.95. The van der Waals surface area contributed by atoms with Crippen LogP contribution in [0.25, 0.3) is 0 Å². The van der Waals surface area contributed by atoms with Gasteiger partial charge >= 0.3 is 0 Å². The van der Waals surface area contributed by atoms with Gasteiger partial charge in [0.15, 0.2) is 0 Å². The van der Waals surface area contributed by atoms with Crippen LogP contribution < -0.4 is 15.8 Å². The maximum absolute atomic E-state index is 11.9. The number of amides is 1. The minimum atomic E-state index is 0.0624. The van der Waals surface area contributed by atoms with E-state index >= 15 is 0 Å². The van der Waals surface area contributed by atoms with Crippen LogP contribution in [-0.4, -0.2) is 26.1 Å². The predicted octanol–water partition coefficient (Wildman–Crippen LogP) is 2.36. The average Bonchev–Trinajstić information content (AvgIpc) is 3.01. The lowest BCUT2D eigenvalue weighted by molar-refractivity contribution is -0.121. The van der Waals surface area contributed by atoms with Crippen molar-refractivity contribution in [2.45, 2.75) is 43.9 Å². The summed E-state index contributed by atoms with van der Waals surface area (Å²) in [5.41, 5.74) is 6.79. The summed E-state index contributed by atoms with van der Waals surface area (Å²) in [6, 6.07) is 8.26. The fourth-order valence-electron chi connectivity index (χ4n) is 3.19. The van der Waals surface area contributed by atoms with Crippen LogP contribution >= 0.6 is 0 Å². The van der Waals surface area contributed by atoms with E-state index in [1.807, 2.05) is 12.1 Å². The molecule has 3 N–H and O–H groups in total. The Kier molecular flexibility index (Phi) is 5.62. The Morgan fingerprint density at radius 3 is 2.81 bits per heavy atom. The summed E-state index contributed by atoms with van der Waals surface area (Å²) in [5, 5.41) is 3.10. The molecule has 0 unspecified atom stereocenters. The van der Waals surface area contributed by atoms with Gasteiger partial charge in [-0.2, -0.15) is 0 Å². The summed E-state index contributed by atoms with van der Waals surface area (Å²) in [4.78, 5) is 11.9. The molecule has 1 aliphatic rings. The molecule has 0 spiro atoms.